The second-order valence-corrected chi connectivity index (χ2v) is 22.5. The van der Waals surface area contributed by atoms with E-state index in [1.807, 2.05) is 0 Å². The lowest BCUT2D eigenvalue weighted by molar-refractivity contribution is 1.71. The number of hydrogen-bond donors (Lipinski definition) is 1. The van der Waals surface area contributed by atoms with E-state index in [1.54, 1.807) is 0 Å². The Morgan fingerprint density at radius 1 is 0.556 bits per heavy atom. The van der Waals surface area contributed by atoms with E-state index >= 15 is 0 Å². The fourth-order valence-electron chi connectivity index (χ4n) is 0. The molecule has 0 fully saturated rings. The van der Waals surface area contributed by atoms with E-state index in [0.717, 1.165) is 0 Å². The summed E-state index contributed by atoms with van der Waals surface area (Å²) in [5.74, 6) is 0. The van der Waals surface area contributed by atoms with Crippen molar-refractivity contribution < 1.29 is 0 Å². The average Bonchev–Trinajstić information content (AvgIpc) is 1.25. The summed E-state index contributed by atoms with van der Waals surface area (Å²) >= 11 is 0. The molecule has 0 heterocycles. The lowest BCUT2D eigenvalue weighted by Crippen LogP contribution is -2.49. The summed E-state index contributed by atoms with van der Waals surface area (Å²) in [6, 6.07) is 0. The summed E-state index contributed by atoms with van der Waals surface area (Å²) in [6.45, 7) is 14.8. The molecule has 0 amide bonds. The van der Waals surface area contributed by atoms with E-state index in [0.29, 0.717) is 0 Å². The van der Waals surface area contributed by atoms with Crippen LogP contribution in [0.2, 0.25) is 39.3 Å². The standard InChI is InChI=1S/C6H18Si2.H3N/c1-7(2,3)8(4,5)6;/h1-6H3;1H3. The molecule has 0 unspecified atom stereocenters. The molecule has 0 aliphatic carbocycles. The van der Waals surface area contributed by atoms with Gasteiger partial charge in [0.25, 0.3) is 0 Å². The van der Waals surface area contributed by atoms with Gasteiger partial charge in [0, 0.05) is 15.2 Å². The summed E-state index contributed by atoms with van der Waals surface area (Å²) in [5, 5.41) is 0. The largest absolute Gasteiger partial charge is 0.344 e. The van der Waals surface area contributed by atoms with Crippen molar-refractivity contribution in [1.29, 1.82) is 0 Å². The van der Waals surface area contributed by atoms with Gasteiger partial charge in [-0.1, -0.05) is 39.3 Å². The molecule has 3 heteroatoms. The highest BCUT2D eigenvalue weighted by molar-refractivity contribution is 7.39. The molecule has 0 spiro atoms. The SMILES string of the molecule is C[Si](C)(C)[Si](C)(C)C.N. The van der Waals surface area contributed by atoms with E-state index in [2.05, 4.69) is 39.3 Å². The first kappa shape index (κ1) is 12.1. The van der Waals surface area contributed by atoms with Gasteiger partial charge in [-0.05, 0) is 0 Å². The summed E-state index contributed by atoms with van der Waals surface area (Å²) in [7, 11) is -1.44. The molecule has 58 valence electrons. The topological polar surface area (TPSA) is 35.0 Å². The molecular formula is C6H21NSi2. The molecule has 0 radical (unpaired) electrons. The van der Waals surface area contributed by atoms with E-state index < -0.39 is 15.2 Å². The Hall–Kier alpha value is 0.394. The maximum atomic E-state index is 2.47. The van der Waals surface area contributed by atoms with Gasteiger partial charge >= 0.3 is 0 Å². The second-order valence-electron chi connectivity index (χ2n) is 4.50. The summed E-state index contributed by atoms with van der Waals surface area (Å²) in [6.07, 6.45) is 0. The molecular weight excluding hydrogens is 142 g/mol. The number of rotatable bonds is 1. The highest BCUT2D eigenvalue weighted by atomic mass is 29.3. The average molecular weight is 163 g/mol. The third-order valence-corrected chi connectivity index (χ3v) is 20.2. The summed E-state index contributed by atoms with van der Waals surface area (Å²) in [5.41, 5.74) is 0. The Bertz CT molecular complexity index is 66.0. The third-order valence-electron chi connectivity index (χ3n) is 2.25. The lowest BCUT2D eigenvalue weighted by Gasteiger charge is -2.30. The normalized spacial score (nSPS) is 12.7. The van der Waals surface area contributed by atoms with E-state index in [1.165, 1.54) is 0 Å². The van der Waals surface area contributed by atoms with E-state index in [9.17, 15) is 0 Å². The first-order valence-electron chi connectivity index (χ1n) is 3.25. The van der Waals surface area contributed by atoms with Crippen LogP contribution in [0, 0.1) is 0 Å². The van der Waals surface area contributed by atoms with Crippen LogP contribution in [0.3, 0.4) is 0 Å². The number of hydrogen-bond acceptors (Lipinski definition) is 1. The fraction of sp³-hybridized carbons (Fsp3) is 1.00. The van der Waals surface area contributed by atoms with Gasteiger partial charge in [-0.3, -0.25) is 0 Å². The Labute approximate surface area is 61.3 Å². The van der Waals surface area contributed by atoms with Crippen molar-refractivity contribution in [3.8, 4) is 0 Å². The van der Waals surface area contributed by atoms with Crippen LogP contribution in [-0.4, -0.2) is 15.2 Å². The molecule has 0 saturated heterocycles. The molecule has 0 aromatic rings. The third kappa shape index (κ3) is 3.89. The van der Waals surface area contributed by atoms with Crippen molar-refractivity contribution in [1.82, 2.24) is 6.15 Å². The Morgan fingerprint density at radius 2 is 0.667 bits per heavy atom. The first-order chi connectivity index (χ1) is 3.25. The van der Waals surface area contributed by atoms with Crippen molar-refractivity contribution >= 4 is 15.2 Å². The molecule has 0 atom stereocenters. The maximum Gasteiger partial charge on any atom is 0.0379 e. The quantitative estimate of drug-likeness (QED) is 0.593. The van der Waals surface area contributed by atoms with Crippen LogP contribution in [0.4, 0.5) is 0 Å². The van der Waals surface area contributed by atoms with Crippen LogP contribution in [-0.2, 0) is 0 Å². The highest BCUT2D eigenvalue weighted by Crippen LogP contribution is 2.16. The van der Waals surface area contributed by atoms with Gasteiger partial charge in [0.15, 0.2) is 0 Å². The van der Waals surface area contributed by atoms with Gasteiger partial charge in [0.2, 0.25) is 0 Å². The van der Waals surface area contributed by atoms with Crippen molar-refractivity contribution in [3.05, 3.63) is 0 Å². The maximum absolute atomic E-state index is 2.47. The van der Waals surface area contributed by atoms with Gasteiger partial charge in [-0.15, -0.1) is 0 Å². The van der Waals surface area contributed by atoms with Crippen LogP contribution >= 0.6 is 0 Å². The molecule has 3 N–H and O–H groups in total. The zero-order chi connectivity index (χ0) is 7.00. The van der Waals surface area contributed by atoms with Crippen molar-refractivity contribution in [2.45, 2.75) is 39.3 Å². The molecule has 0 aromatic carbocycles. The Kier molecular flexibility index (Phi) is 4.02. The second kappa shape index (κ2) is 2.99. The van der Waals surface area contributed by atoms with Gasteiger partial charge < -0.3 is 6.15 Å². The van der Waals surface area contributed by atoms with Crippen molar-refractivity contribution in [3.63, 3.8) is 0 Å². The fourth-order valence-corrected chi connectivity index (χ4v) is 0. The van der Waals surface area contributed by atoms with Gasteiger partial charge in [0.1, 0.15) is 0 Å². The molecule has 0 aromatic heterocycles. The molecule has 0 aliphatic rings. The first-order valence-corrected chi connectivity index (χ1v) is 11.2. The van der Waals surface area contributed by atoms with Crippen molar-refractivity contribution in [2.24, 2.45) is 0 Å². The Morgan fingerprint density at radius 3 is 0.667 bits per heavy atom. The lowest BCUT2D eigenvalue weighted by atomic mass is 11.8. The molecule has 1 nitrogen and oxygen atoms in total. The van der Waals surface area contributed by atoms with Crippen LogP contribution in [0.15, 0.2) is 0 Å². The minimum atomic E-state index is -0.720. The molecule has 0 saturated carbocycles. The Balaban J connectivity index is 0. The monoisotopic (exact) mass is 163 g/mol. The molecule has 0 aliphatic heterocycles. The smallest absolute Gasteiger partial charge is 0.0379 e. The van der Waals surface area contributed by atoms with Gasteiger partial charge in [-0.25, -0.2) is 0 Å². The van der Waals surface area contributed by atoms with Crippen LogP contribution in [0.1, 0.15) is 0 Å². The molecule has 0 bridgehead atoms. The predicted octanol–water partition coefficient (Wildman–Crippen LogP) is 2.90. The summed E-state index contributed by atoms with van der Waals surface area (Å²) in [4.78, 5) is 0. The van der Waals surface area contributed by atoms with E-state index in [-0.39, 0.29) is 6.15 Å². The van der Waals surface area contributed by atoms with Gasteiger partial charge in [-0.2, -0.15) is 0 Å². The molecule has 9 heavy (non-hydrogen) atoms. The van der Waals surface area contributed by atoms with Crippen LogP contribution in [0.5, 0.6) is 0 Å². The van der Waals surface area contributed by atoms with Gasteiger partial charge in [0.05, 0.1) is 0 Å². The molecule has 0 rings (SSSR count). The van der Waals surface area contributed by atoms with Crippen LogP contribution in [0.25, 0.3) is 0 Å². The van der Waals surface area contributed by atoms with Crippen LogP contribution < -0.4 is 6.15 Å². The van der Waals surface area contributed by atoms with Crippen molar-refractivity contribution in [2.75, 3.05) is 0 Å². The highest BCUT2D eigenvalue weighted by Gasteiger charge is 2.31. The van der Waals surface area contributed by atoms with E-state index in [4.69, 9.17) is 0 Å². The minimum Gasteiger partial charge on any atom is -0.344 e. The predicted molar refractivity (Wildman–Crippen MR) is 51.7 cm³/mol. The summed E-state index contributed by atoms with van der Waals surface area (Å²) < 4.78 is 0. The zero-order valence-electron chi connectivity index (χ0n) is 7.71. The minimum absolute atomic E-state index is 0. The zero-order valence-corrected chi connectivity index (χ0v) is 9.71.